The maximum atomic E-state index is 13.4. The van der Waals surface area contributed by atoms with Gasteiger partial charge in [-0.25, -0.2) is 4.79 Å². The molecule has 1 aliphatic carbocycles. The van der Waals surface area contributed by atoms with E-state index in [9.17, 15) is 9.59 Å². The van der Waals surface area contributed by atoms with Crippen molar-refractivity contribution < 1.29 is 28.5 Å². The van der Waals surface area contributed by atoms with Crippen LogP contribution in [0.1, 0.15) is 58.4 Å². The minimum absolute atomic E-state index is 0.0129. The molecule has 1 heterocycles. The fourth-order valence-electron chi connectivity index (χ4n) is 4.64. The first-order chi connectivity index (χ1) is 15.2. The van der Waals surface area contributed by atoms with Gasteiger partial charge in [-0.15, -0.1) is 0 Å². The first kappa shape index (κ1) is 23.7. The number of ether oxygens (including phenoxy) is 4. The third-order valence-electron chi connectivity index (χ3n) is 5.94. The number of nitrogens with one attached hydrogen (secondary N) is 1. The fourth-order valence-corrected chi connectivity index (χ4v) is 4.64. The molecule has 174 valence electrons. The molecule has 0 bridgehead atoms. The Hall–Kier alpha value is -2.96. The zero-order valence-corrected chi connectivity index (χ0v) is 20.0. The van der Waals surface area contributed by atoms with Gasteiger partial charge in [0, 0.05) is 29.0 Å². The summed E-state index contributed by atoms with van der Waals surface area (Å²) >= 11 is 0. The summed E-state index contributed by atoms with van der Waals surface area (Å²) in [6.45, 7) is 8.24. The third-order valence-corrected chi connectivity index (χ3v) is 5.94. The van der Waals surface area contributed by atoms with E-state index in [0.717, 1.165) is 5.70 Å². The molecular weight excluding hydrogens is 410 g/mol. The number of Topliss-reactive ketones (excluding diaryl/α,β-unsaturated/α-hetero) is 1. The molecule has 0 amide bonds. The zero-order chi connectivity index (χ0) is 23.6. The van der Waals surface area contributed by atoms with Crippen LogP contribution in [0.3, 0.4) is 0 Å². The van der Waals surface area contributed by atoms with Crippen LogP contribution in [0.15, 0.2) is 34.7 Å². The zero-order valence-electron chi connectivity index (χ0n) is 20.0. The molecule has 7 heteroatoms. The van der Waals surface area contributed by atoms with E-state index in [4.69, 9.17) is 18.9 Å². The van der Waals surface area contributed by atoms with Gasteiger partial charge >= 0.3 is 5.97 Å². The van der Waals surface area contributed by atoms with Crippen LogP contribution in [-0.2, 0) is 14.3 Å². The van der Waals surface area contributed by atoms with Crippen molar-refractivity contribution in [2.45, 2.75) is 52.9 Å². The molecule has 1 aliphatic heterocycles. The number of methoxy groups -OCH3 is 3. The minimum atomic E-state index is -0.631. The number of benzene rings is 1. The molecule has 1 N–H and O–H groups in total. The lowest BCUT2D eigenvalue weighted by Crippen LogP contribution is -2.38. The first-order valence-electron chi connectivity index (χ1n) is 10.9. The Balaban J connectivity index is 2.27. The number of carbonyl (C=O) groups excluding carboxylic acids is 2. The van der Waals surface area contributed by atoms with Gasteiger partial charge in [0.05, 0.1) is 39.4 Å². The minimum Gasteiger partial charge on any atom is -0.493 e. The maximum absolute atomic E-state index is 13.4. The van der Waals surface area contributed by atoms with Gasteiger partial charge in [0.2, 0.25) is 5.75 Å². The number of hydrogen-bond donors (Lipinski definition) is 1. The van der Waals surface area contributed by atoms with Crippen molar-refractivity contribution in [3.63, 3.8) is 0 Å². The van der Waals surface area contributed by atoms with E-state index in [1.54, 1.807) is 13.2 Å². The average Bonchev–Trinajstić information content (AvgIpc) is 2.74. The smallest absolute Gasteiger partial charge is 0.336 e. The van der Waals surface area contributed by atoms with Gasteiger partial charge in [0.1, 0.15) is 0 Å². The predicted octanol–water partition coefficient (Wildman–Crippen LogP) is 4.27. The van der Waals surface area contributed by atoms with Crippen LogP contribution >= 0.6 is 0 Å². The monoisotopic (exact) mass is 443 g/mol. The lowest BCUT2D eigenvalue weighted by molar-refractivity contribution is -0.139. The Bertz CT molecular complexity index is 988. The predicted molar refractivity (Wildman–Crippen MR) is 121 cm³/mol. The van der Waals surface area contributed by atoms with Crippen LogP contribution in [-0.4, -0.2) is 39.7 Å². The number of carbonyl (C=O) groups is 2. The number of allylic oxidation sites excluding steroid dienone is 3. The lowest BCUT2D eigenvalue weighted by Gasteiger charge is -2.39. The van der Waals surface area contributed by atoms with E-state index >= 15 is 0 Å². The molecule has 0 radical (unpaired) electrons. The topological polar surface area (TPSA) is 83.1 Å². The molecule has 0 saturated carbocycles. The Labute approximate surface area is 189 Å². The van der Waals surface area contributed by atoms with Gasteiger partial charge in [-0.3, -0.25) is 4.79 Å². The second kappa shape index (κ2) is 9.27. The number of esters is 1. The highest BCUT2D eigenvalue weighted by Gasteiger charge is 2.44. The molecule has 0 saturated heterocycles. The highest BCUT2D eigenvalue weighted by molar-refractivity contribution is 6.04. The van der Waals surface area contributed by atoms with E-state index in [-0.39, 0.29) is 11.2 Å². The summed E-state index contributed by atoms with van der Waals surface area (Å²) in [4.78, 5) is 26.6. The summed E-state index contributed by atoms with van der Waals surface area (Å²) in [6.07, 6.45) is 1.81. The SMILES string of the molecule is CCCOC(=O)C1=C(C)NC2=C(C(=O)CC(C)(C)C2)[C@H]1c1ccc(OC)c(OC)c1OC. The van der Waals surface area contributed by atoms with Gasteiger partial charge < -0.3 is 24.3 Å². The Morgan fingerprint density at radius 2 is 1.78 bits per heavy atom. The van der Waals surface area contributed by atoms with Crippen LogP contribution in [0.25, 0.3) is 0 Å². The number of dihydropyridines is 1. The molecule has 1 aromatic carbocycles. The van der Waals surface area contributed by atoms with Crippen molar-refractivity contribution in [1.29, 1.82) is 0 Å². The van der Waals surface area contributed by atoms with E-state index in [0.29, 0.717) is 65.5 Å². The van der Waals surface area contributed by atoms with E-state index in [1.165, 1.54) is 14.2 Å². The van der Waals surface area contributed by atoms with Crippen molar-refractivity contribution in [2.24, 2.45) is 5.41 Å². The van der Waals surface area contributed by atoms with Gasteiger partial charge in [-0.2, -0.15) is 0 Å². The van der Waals surface area contributed by atoms with Crippen molar-refractivity contribution in [3.05, 3.63) is 40.2 Å². The summed E-state index contributed by atoms with van der Waals surface area (Å²) in [7, 11) is 4.62. The molecule has 7 nitrogen and oxygen atoms in total. The first-order valence-corrected chi connectivity index (χ1v) is 10.9. The molecule has 32 heavy (non-hydrogen) atoms. The molecular formula is C25H33NO6. The third kappa shape index (κ3) is 4.20. The average molecular weight is 444 g/mol. The number of ketones is 1. The molecule has 0 spiro atoms. The maximum Gasteiger partial charge on any atom is 0.336 e. The largest absolute Gasteiger partial charge is 0.493 e. The highest BCUT2D eigenvalue weighted by atomic mass is 16.5. The summed E-state index contributed by atoms with van der Waals surface area (Å²) in [6, 6.07) is 3.59. The fraction of sp³-hybridized carbons (Fsp3) is 0.520. The van der Waals surface area contributed by atoms with Gasteiger partial charge in [-0.05, 0) is 31.2 Å². The number of rotatable bonds is 7. The van der Waals surface area contributed by atoms with Crippen molar-refractivity contribution in [2.75, 3.05) is 27.9 Å². The van der Waals surface area contributed by atoms with Crippen LogP contribution in [0.2, 0.25) is 0 Å². The number of hydrogen-bond acceptors (Lipinski definition) is 7. The summed E-state index contributed by atoms with van der Waals surface area (Å²) in [5, 5.41) is 3.34. The molecule has 2 aliphatic rings. The summed E-state index contributed by atoms with van der Waals surface area (Å²) in [5.74, 6) is 0.284. The van der Waals surface area contributed by atoms with Gasteiger partial charge in [0.25, 0.3) is 0 Å². The quantitative estimate of drug-likeness (QED) is 0.630. The van der Waals surface area contributed by atoms with Crippen LogP contribution < -0.4 is 19.5 Å². The van der Waals surface area contributed by atoms with Gasteiger partial charge in [-0.1, -0.05) is 26.8 Å². The van der Waals surface area contributed by atoms with Crippen LogP contribution in [0.4, 0.5) is 0 Å². The molecule has 1 atom stereocenters. The van der Waals surface area contributed by atoms with Crippen molar-refractivity contribution in [1.82, 2.24) is 5.32 Å². The standard InChI is InChI=1S/C25H33NO6/c1-8-11-32-24(28)19-14(2)26-16-12-25(3,4)13-17(27)21(16)20(19)15-9-10-18(29-5)23(31-7)22(15)30-6/h9-10,20,26H,8,11-13H2,1-7H3/t20-/m0/s1. The molecule has 0 unspecified atom stereocenters. The second-order valence-corrected chi connectivity index (χ2v) is 8.99. The molecule has 0 fully saturated rings. The van der Waals surface area contributed by atoms with E-state index in [2.05, 4.69) is 19.2 Å². The van der Waals surface area contributed by atoms with Crippen LogP contribution in [0.5, 0.6) is 17.2 Å². The van der Waals surface area contributed by atoms with Crippen molar-refractivity contribution in [3.8, 4) is 17.2 Å². The van der Waals surface area contributed by atoms with E-state index in [1.807, 2.05) is 19.9 Å². The van der Waals surface area contributed by atoms with Crippen LogP contribution in [0, 0.1) is 5.41 Å². The summed E-state index contributed by atoms with van der Waals surface area (Å²) < 4.78 is 22.2. The molecule has 1 aromatic rings. The molecule has 0 aromatic heterocycles. The van der Waals surface area contributed by atoms with Gasteiger partial charge in [0.15, 0.2) is 17.3 Å². The Morgan fingerprint density at radius 1 is 1.09 bits per heavy atom. The summed E-state index contributed by atoms with van der Waals surface area (Å²) in [5.41, 5.74) is 3.01. The Morgan fingerprint density at radius 3 is 2.38 bits per heavy atom. The highest BCUT2D eigenvalue weighted by Crippen LogP contribution is 2.51. The Kier molecular flexibility index (Phi) is 6.86. The lowest BCUT2D eigenvalue weighted by atomic mass is 9.68. The molecule has 3 rings (SSSR count). The normalized spacial score (nSPS) is 19.8. The second-order valence-electron chi connectivity index (χ2n) is 8.99. The van der Waals surface area contributed by atoms with Crippen molar-refractivity contribution >= 4 is 11.8 Å². The van der Waals surface area contributed by atoms with E-state index < -0.39 is 11.9 Å².